The summed E-state index contributed by atoms with van der Waals surface area (Å²) in [5.41, 5.74) is 1.79. The number of hydrogen-bond donors (Lipinski definition) is 1. The molecule has 1 heterocycles. The molecule has 0 radical (unpaired) electrons. The Labute approximate surface area is 98.9 Å². The van der Waals surface area contributed by atoms with Gasteiger partial charge in [-0.05, 0) is 6.42 Å². The largest absolute Gasteiger partial charge is 0.481 e. The molecule has 0 saturated carbocycles. The second-order valence-electron chi connectivity index (χ2n) is 3.79. The van der Waals surface area contributed by atoms with Gasteiger partial charge in [-0.3, -0.25) is 4.79 Å². The Hall–Kier alpha value is -2.10. The maximum Gasteiger partial charge on any atom is 0.303 e. The fraction of sp³-hybridized carbons (Fsp3) is 0.231. The Morgan fingerprint density at radius 2 is 2.06 bits per heavy atom. The third-order valence-electron chi connectivity index (χ3n) is 2.44. The third kappa shape index (κ3) is 3.17. The van der Waals surface area contributed by atoms with Crippen LogP contribution in [0.5, 0.6) is 0 Å². The van der Waals surface area contributed by atoms with E-state index in [1.807, 2.05) is 36.4 Å². The predicted octanol–water partition coefficient (Wildman–Crippen LogP) is 2.75. The van der Waals surface area contributed by atoms with Crippen LogP contribution in [0.1, 0.15) is 18.6 Å². The first-order valence-corrected chi connectivity index (χ1v) is 5.48. The fourth-order valence-corrected chi connectivity index (χ4v) is 1.59. The second kappa shape index (κ2) is 5.30. The summed E-state index contributed by atoms with van der Waals surface area (Å²) < 4.78 is 5.16. The molecule has 2 aromatic rings. The Bertz CT molecular complexity index is 490. The van der Waals surface area contributed by atoms with Crippen molar-refractivity contribution in [2.75, 3.05) is 0 Å². The second-order valence-corrected chi connectivity index (χ2v) is 3.79. The van der Waals surface area contributed by atoms with Crippen LogP contribution in [0.3, 0.4) is 0 Å². The lowest BCUT2D eigenvalue weighted by molar-refractivity contribution is -0.137. The van der Waals surface area contributed by atoms with E-state index in [-0.39, 0.29) is 6.42 Å². The molecule has 0 aliphatic carbocycles. The number of benzene rings is 1. The molecule has 1 N–H and O–H groups in total. The Kier molecular flexibility index (Phi) is 3.55. The number of rotatable bonds is 5. The monoisotopic (exact) mass is 231 g/mol. The lowest BCUT2D eigenvalue weighted by atomic mass is 10.1. The van der Waals surface area contributed by atoms with Crippen LogP contribution in [-0.2, 0) is 11.2 Å². The van der Waals surface area contributed by atoms with Crippen molar-refractivity contribution in [1.82, 2.24) is 5.16 Å². The molecular formula is C13H13NO3. The van der Waals surface area contributed by atoms with Gasteiger partial charge in [0.05, 0.1) is 0 Å². The number of aryl methyl sites for hydroxylation is 1. The maximum atomic E-state index is 10.4. The van der Waals surface area contributed by atoms with E-state index in [2.05, 4.69) is 5.16 Å². The molecule has 4 heteroatoms. The van der Waals surface area contributed by atoms with Gasteiger partial charge in [-0.25, -0.2) is 0 Å². The summed E-state index contributed by atoms with van der Waals surface area (Å²) in [6.45, 7) is 0. The number of carboxylic acid groups (broad SMARTS) is 1. The van der Waals surface area contributed by atoms with Crippen LogP contribution >= 0.6 is 0 Å². The molecule has 17 heavy (non-hydrogen) atoms. The van der Waals surface area contributed by atoms with Crippen LogP contribution in [0.25, 0.3) is 11.3 Å². The van der Waals surface area contributed by atoms with Crippen LogP contribution in [0.15, 0.2) is 40.9 Å². The first-order chi connectivity index (χ1) is 8.25. The van der Waals surface area contributed by atoms with Gasteiger partial charge in [-0.1, -0.05) is 35.5 Å². The average molecular weight is 231 g/mol. The first-order valence-electron chi connectivity index (χ1n) is 5.48. The van der Waals surface area contributed by atoms with E-state index >= 15 is 0 Å². The zero-order valence-corrected chi connectivity index (χ0v) is 9.30. The lowest BCUT2D eigenvalue weighted by Crippen LogP contribution is -1.95. The van der Waals surface area contributed by atoms with Crippen LogP contribution < -0.4 is 0 Å². The minimum Gasteiger partial charge on any atom is -0.481 e. The maximum absolute atomic E-state index is 10.4. The molecule has 0 unspecified atom stereocenters. The molecule has 0 spiro atoms. The van der Waals surface area contributed by atoms with Gasteiger partial charge in [-0.2, -0.15) is 0 Å². The Morgan fingerprint density at radius 3 is 2.76 bits per heavy atom. The number of aliphatic carboxylic acids is 1. The van der Waals surface area contributed by atoms with Crippen molar-refractivity contribution in [3.8, 4) is 11.3 Å². The summed E-state index contributed by atoms with van der Waals surface area (Å²) in [5.74, 6) is -0.0575. The van der Waals surface area contributed by atoms with Crippen LogP contribution in [0, 0.1) is 0 Å². The van der Waals surface area contributed by atoms with Gasteiger partial charge < -0.3 is 9.63 Å². The van der Waals surface area contributed by atoms with E-state index in [1.54, 1.807) is 0 Å². The van der Waals surface area contributed by atoms with E-state index in [1.165, 1.54) is 0 Å². The number of hydrogen-bond acceptors (Lipinski definition) is 3. The van der Waals surface area contributed by atoms with E-state index < -0.39 is 5.97 Å². The number of nitrogens with zero attached hydrogens (tertiary/aromatic N) is 1. The molecule has 0 aliphatic heterocycles. The zero-order chi connectivity index (χ0) is 12.1. The molecule has 0 bridgehead atoms. The van der Waals surface area contributed by atoms with Crippen molar-refractivity contribution in [1.29, 1.82) is 0 Å². The molecule has 1 aromatic heterocycles. The van der Waals surface area contributed by atoms with E-state index in [9.17, 15) is 4.79 Å². The number of carbonyl (C=O) groups is 1. The predicted molar refractivity (Wildman–Crippen MR) is 62.5 cm³/mol. The molecule has 0 saturated heterocycles. The highest BCUT2D eigenvalue weighted by molar-refractivity contribution is 5.66. The topological polar surface area (TPSA) is 63.3 Å². The Balaban J connectivity index is 1.99. The van der Waals surface area contributed by atoms with Crippen LogP contribution in [0.4, 0.5) is 0 Å². The SMILES string of the molecule is O=C(O)CCCc1cc(-c2ccccc2)no1. The van der Waals surface area contributed by atoms with Crippen LogP contribution in [0.2, 0.25) is 0 Å². The third-order valence-corrected chi connectivity index (χ3v) is 2.44. The summed E-state index contributed by atoms with van der Waals surface area (Å²) in [7, 11) is 0. The standard InChI is InChI=1S/C13H13NO3/c15-13(16)8-4-7-11-9-12(14-17-11)10-5-2-1-3-6-10/h1-3,5-6,9H,4,7-8H2,(H,15,16). The molecule has 4 nitrogen and oxygen atoms in total. The molecule has 2 rings (SSSR count). The zero-order valence-electron chi connectivity index (χ0n) is 9.30. The molecule has 88 valence electrons. The highest BCUT2D eigenvalue weighted by Gasteiger charge is 2.06. The molecule has 1 aromatic carbocycles. The van der Waals surface area contributed by atoms with Crippen molar-refractivity contribution < 1.29 is 14.4 Å². The van der Waals surface area contributed by atoms with Gasteiger partial charge >= 0.3 is 5.97 Å². The van der Waals surface area contributed by atoms with Crippen molar-refractivity contribution in [3.63, 3.8) is 0 Å². The van der Waals surface area contributed by atoms with Crippen molar-refractivity contribution >= 4 is 5.97 Å². The lowest BCUT2D eigenvalue weighted by Gasteiger charge is -1.92. The summed E-state index contributed by atoms with van der Waals surface area (Å²) in [6.07, 6.45) is 1.33. The van der Waals surface area contributed by atoms with E-state index in [0.717, 1.165) is 17.0 Å². The Morgan fingerprint density at radius 1 is 1.29 bits per heavy atom. The summed E-state index contributed by atoms with van der Waals surface area (Å²) in [6, 6.07) is 11.6. The summed E-state index contributed by atoms with van der Waals surface area (Å²) >= 11 is 0. The molecule has 0 aliphatic rings. The highest BCUT2D eigenvalue weighted by Crippen LogP contribution is 2.19. The van der Waals surface area contributed by atoms with E-state index in [0.29, 0.717) is 12.8 Å². The minimum atomic E-state index is -0.784. The quantitative estimate of drug-likeness (QED) is 0.859. The molecule has 0 fully saturated rings. The first kappa shape index (κ1) is 11.4. The van der Waals surface area contributed by atoms with Gasteiger partial charge in [0.1, 0.15) is 11.5 Å². The molecular weight excluding hydrogens is 218 g/mol. The van der Waals surface area contributed by atoms with Gasteiger partial charge in [0.15, 0.2) is 0 Å². The highest BCUT2D eigenvalue weighted by atomic mass is 16.5. The average Bonchev–Trinajstić information content (AvgIpc) is 2.78. The number of carboxylic acids is 1. The van der Waals surface area contributed by atoms with Crippen LogP contribution in [-0.4, -0.2) is 16.2 Å². The molecule has 0 amide bonds. The molecule has 0 atom stereocenters. The number of aromatic nitrogens is 1. The van der Waals surface area contributed by atoms with Gasteiger partial charge in [-0.15, -0.1) is 0 Å². The smallest absolute Gasteiger partial charge is 0.303 e. The van der Waals surface area contributed by atoms with Gasteiger partial charge in [0.2, 0.25) is 0 Å². The van der Waals surface area contributed by atoms with Crippen molar-refractivity contribution in [3.05, 3.63) is 42.2 Å². The van der Waals surface area contributed by atoms with Gasteiger partial charge in [0, 0.05) is 24.5 Å². The van der Waals surface area contributed by atoms with Crippen molar-refractivity contribution in [2.45, 2.75) is 19.3 Å². The summed E-state index contributed by atoms with van der Waals surface area (Å²) in [4.78, 5) is 10.4. The minimum absolute atomic E-state index is 0.154. The normalized spacial score (nSPS) is 10.4. The summed E-state index contributed by atoms with van der Waals surface area (Å²) in [5, 5.41) is 12.5. The fourth-order valence-electron chi connectivity index (χ4n) is 1.59. The van der Waals surface area contributed by atoms with Crippen molar-refractivity contribution in [2.24, 2.45) is 0 Å². The van der Waals surface area contributed by atoms with E-state index in [4.69, 9.17) is 9.63 Å². The van der Waals surface area contributed by atoms with Gasteiger partial charge in [0.25, 0.3) is 0 Å².